The van der Waals surface area contributed by atoms with Crippen LogP contribution < -0.4 is 10.5 Å². The van der Waals surface area contributed by atoms with Gasteiger partial charge >= 0.3 is 0 Å². The molecule has 0 saturated heterocycles. The Kier molecular flexibility index (Phi) is 4.64. The molecule has 0 heterocycles. The van der Waals surface area contributed by atoms with Gasteiger partial charge in [-0.1, -0.05) is 43.1 Å². The minimum Gasteiger partial charge on any atom is -0.457 e. The van der Waals surface area contributed by atoms with Gasteiger partial charge in [0.2, 0.25) is 0 Å². The molecule has 0 aliphatic carbocycles. The third-order valence-electron chi connectivity index (χ3n) is 2.93. The average molecular weight is 289 g/mol. The first-order valence-corrected chi connectivity index (χ1v) is 6.89. The fourth-order valence-corrected chi connectivity index (χ4v) is 2.26. The predicted molar refractivity (Wildman–Crippen MR) is 83.0 cm³/mol. The van der Waals surface area contributed by atoms with Crippen molar-refractivity contribution in [2.75, 3.05) is 0 Å². The molecule has 4 heteroatoms. The molecule has 3 N–H and O–H groups in total. The van der Waals surface area contributed by atoms with Crippen molar-refractivity contribution >= 4 is 17.4 Å². The van der Waals surface area contributed by atoms with Gasteiger partial charge in [0.25, 0.3) is 0 Å². The van der Waals surface area contributed by atoms with E-state index in [9.17, 15) is 0 Å². The lowest BCUT2D eigenvalue weighted by Crippen LogP contribution is -2.13. The second kappa shape index (κ2) is 6.44. The Labute approximate surface area is 123 Å². The van der Waals surface area contributed by atoms with E-state index < -0.39 is 0 Å². The van der Waals surface area contributed by atoms with E-state index in [0.717, 1.165) is 12.8 Å². The molecular weight excluding hydrogens is 272 g/mol. The molecule has 0 unspecified atom stereocenters. The van der Waals surface area contributed by atoms with Gasteiger partial charge in [-0.05, 0) is 36.2 Å². The van der Waals surface area contributed by atoms with E-state index in [-0.39, 0.29) is 5.84 Å². The maximum absolute atomic E-state index is 7.59. The number of nitrogens with two attached hydrogens (primary N) is 1. The van der Waals surface area contributed by atoms with Gasteiger partial charge in [0.05, 0.1) is 10.6 Å². The zero-order valence-corrected chi connectivity index (χ0v) is 12.1. The average Bonchev–Trinajstić information content (AvgIpc) is 2.41. The van der Waals surface area contributed by atoms with Crippen LogP contribution in [0.3, 0.4) is 0 Å². The summed E-state index contributed by atoms with van der Waals surface area (Å²) >= 11 is 6.06. The van der Waals surface area contributed by atoms with Crippen molar-refractivity contribution in [2.24, 2.45) is 5.73 Å². The lowest BCUT2D eigenvalue weighted by molar-refractivity contribution is 0.481. The molecule has 0 aliphatic heterocycles. The molecule has 2 aromatic rings. The van der Waals surface area contributed by atoms with Crippen molar-refractivity contribution < 1.29 is 4.74 Å². The first-order chi connectivity index (χ1) is 9.61. The molecule has 0 atom stereocenters. The molecule has 2 rings (SSSR count). The number of hydrogen-bond acceptors (Lipinski definition) is 2. The molecule has 0 aliphatic rings. The van der Waals surface area contributed by atoms with Gasteiger partial charge in [-0.2, -0.15) is 0 Å². The zero-order chi connectivity index (χ0) is 14.5. The second-order valence-corrected chi connectivity index (χ2v) is 4.93. The molecule has 0 aromatic heterocycles. The van der Waals surface area contributed by atoms with E-state index in [4.69, 9.17) is 27.5 Å². The maximum atomic E-state index is 7.59. The summed E-state index contributed by atoms with van der Waals surface area (Å²) in [6, 6.07) is 13.1. The van der Waals surface area contributed by atoms with Crippen LogP contribution >= 0.6 is 11.6 Å². The van der Waals surface area contributed by atoms with E-state index in [1.165, 1.54) is 5.56 Å². The predicted octanol–water partition coefficient (Wildman–Crippen LogP) is 4.37. The highest BCUT2D eigenvalue weighted by Gasteiger charge is 2.11. The smallest absolute Gasteiger partial charge is 0.139 e. The lowest BCUT2D eigenvalue weighted by atomic mass is 10.1. The molecular formula is C16H17ClN2O. The van der Waals surface area contributed by atoms with Crippen molar-refractivity contribution in [2.45, 2.75) is 19.8 Å². The van der Waals surface area contributed by atoms with Crippen LogP contribution in [0.5, 0.6) is 11.5 Å². The van der Waals surface area contributed by atoms with Crippen LogP contribution in [0.2, 0.25) is 5.02 Å². The fraction of sp³-hybridized carbons (Fsp3) is 0.188. The van der Waals surface area contributed by atoms with Crippen molar-refractivity contribution in [3.05, 3.63) is 58.6 Å². The highest BCUT2D eigenvalue weighted by atomic mass is 35.5. The van der Waals surface area contributed by atoms with Crippen molar-refractivity contribution in [3.8, 4) is 11.5 Å². The Balaban J connectivity index is 2.26. The van der Waals surface area contributed by atoms with E-state index in [2.05, 4.69) is 6.92 Å². The second-order valence-electron chi connectivity index (χ2n) is 4.52. The largest absolute Gasteiger partial charge is 0.457 e. The van der Waals surface area contributed by atoms with Gasteiger partial charge in [0.1, 0.15) is 17.3 Å². The maximum Gasteiger partial charge on any atom is 0.139 e. The van der Waals surface area contributed by atoms with Gasteiger partial charge in [0.15, 0.2) is 0 Å². The van der Waals surface area contributed by atoms with Gasteiger partial charge in [-0.25, -0.2) is 0 Å². The van der Waals surface area contributed by atoms with E-state index in [1.807, 2.05) is 24.3 Å². The van der Waals surface area contributed by atoms with Crippen LogP contribution in [-0.2, 0) is 6.42 Å². The molecule has 0 saturated carbocycles. The summed E-state index contributed by atoms with van der Waals surface area (Å²) in [6.07, 6.45) is 2.17. The van der Waals surface area contributed by atoms with Crippen LogP contribution in [0.25, 0.3) is 0 Å². The number of nitrogens with one attached hydrogen (secondary N) is 1. The SMILES string of the molecule is CCCc1ccc(Oc2cccc(Cl)c2C(=N)N)cc1. The lowest BCUT2D eigenvalue weighted by Gasteiger charge is -2.12. The normalized spacial score (nSPS) is 10.3. The first kappa shape index (κ1) is 14.4. The Hall–Kier alpha value is -2.00. The quantitative estimate of drug-likeness (QED) is 0.634. The van der Waals surface area contributed by atoms with E-state index in [0.29, 0.717) is 22.1 Å². The molecule has 3 nitrogen and oxygen atoms in total. The third kappa shape index (κ3) is 3.31. The van der Waals surface area contributed by atoms with Crippen molar-refractivity contribution in [1.29, 1.82) is 5.41 Å². The highest BCUT2D eigenvalue weighted by Crippen LogP contribution is 2.30. The van der Waals surface area contributed by atoms with Crippen LogP contribution in [-0.4, -0.2) is 5.84 Å². The van der Waals surface area contributed by atoms with Crippen molar-refractivity contribution in [1.82, 2.24) is 0 Å². The third-order valence-corrected chi connectivity index (χ3v) is 3.25. The molecule has 20 heavy (non-hydrogen) atoms. The number of ether oxygens (including phenoxy) is 1. The number of hydrogen-bond donors (Lipinski definition) is 2. The summed E-state index contributed by atoms with van der Waals surface area (Å²) in [5.41, 5.74) is 7.25. The number of amidine groups is 1. The number of benzene rings is 2. The van der Waals surface area contributed by atoms with Gasteiger partial charge in [-0.3, -0.25) is 5.41 Å². The molecule has 104 valence electrons. The van der Waals surface area contributed by atoms with Gasteiger partial charge in [0, 0.05) is 0 Å². The Bertz CT molecular complexity index is 608. The number of halogens is 1. The van der Waals surface area contributed by atoms with E-state index in [1.54, 1.807) is 18.2 Å². The minimum absolute atomic E-state index is 0.104. The molecule has 0 fully saturated rings. The topological polar surface area (TPSA) is 59.1 Å². The summed E-state index contributed by atoms with van der Waals surface area (Å²) in [5.74, 6) is 1.09. The Morgan fingerprint density at radius 1 is 1.20 bits per heavy atom. The minimum atomic E-state index is -0.104. The summed E-state index contributed by atoms with van der Waals surface area (Å²) in [4.78, 5) is 0. The first-order valence-electron chi connectivity index (χ1n) is 6.51. The highest BCUT2D eigenvalue weighted by molar-refractivity contribution is 6.34. The Morgan fingerprint density at radius 3 is 2.50 bits per heavy atom. The fourth-order valence-electron chi connectivity index (χ4n) is 1.99. The molecule has 2 aromatic carbocycles. The van der Waals surface area contributed by atoms with Crippen LogP contribution in [0.4, 0.5) is 0 Å². The summed E-state index contributed by atoms with van der Waals surface area (Å²) < 4.78 is 5.78. The number of rotatable bonds is 5. The van der Waals surface area contributed by atoms with Crippen LogP contribution in [0, 0.1) is 5.41 Å². The molecule has 0 radical (unpaired) electrons. The molecule has 0 spiro atoms. The number of aryl methyl sites for hydroxylation is 1. The zero-order valence-electron chi connectivity index (χ0n) is 11.3. The summed E-state index contributed by atoms with van der Waals surface area (Å²) in [5, 5.41) is 8.00. The molecule has 0 amide bonds. The van der Waals surface area contributed by atoms with Crippen LogP contribution in [0.15, 0.2) is 42.5 Å². The van der Waals surface area contributed by atoms with Crippen LogP contribution in [0.1, 0.15) is 24.5 Å². The van der Waals surface area contributed by atoms with Gasteiger partial charge in [-0.15, -0.1) is 0 Å². The Morgan fingerprint density at radius 2 is 1.90 bits per heavy atom. The molecule has 0 bridgehead atoms. The van der Waals surface area contributed by atoms with Gasteiger partial charge < -0.3 is 10.5 Å². The standard InChI is InChI=1S/C16H17ClN2O/c1-2-4-11-7-9-12(10-8-11)20-14-6-3-5-13(17)15(14)16(18)19/h3,5-10H,2,4H2,1H3,(H3,18,19). The van der Waals surface area contributed by atoms with E-state index >= 15 is 0 Å². The summed E-state index contributed by atoms with van der Waals surface area (Å²) in [6.45, 7) is 2.15. The monoisotopic (exact) mass is 288 g/mol. The number of nitrogen functional groups attached to an aromatic ring is 1. The summed E-state index contributed by atoms with van der Waals surface area (Å²) in [7, 11) is 0. The van der Waals surface area contributed by atoms with Crippen molar-refractivity contribution in [3.63, 3.8) is 0 Å².